The van der Waals surface area contributed by atoms with Crippen LogP contribution in [0.1, 0.15) is 24.8 Å². The molecular weight excluding hydrogens is 350 g/mol. The fraction of sp³-hybridized carbons (Fsp3) is 0.667. The molecule has 1 aromatic rings. The first kappa shape index (κ1) is 15.4. The molecule has 2 heterocycles. The molecule has 108 valence electrons. The largest absolute Gasteiger partial charge is 0.396 e. The Kier molecular flexibility index (Phi) is 5.05. The Bertz CT molecular complexity index is 520. The zero-order valence-corrected chi connectivity index (χ0v) is 14.0. The Labute approximate surface area is 126 Å². The summed E-state index contributed by atoms with van der Waals surface area (Å²) in [5.74, 6) is 0.276. The summed E-state index contributed by atoms with van der Waals surface area (Å²) >= 11 is 4.64. The third kappa shape index (κ3) is 3.39. The first-order valence-electron chi connectivity index (χ1n) is 6.32. The summed E-state index contributed by atoms with van der Waals surface area (Å²) in [7, 11) is -3.37. The molecule has 0 spiro atoms. The molecule has 19 heavy (non-hydrogen) atoms. The first-order chi connectivity index (χ1) is 8.95. The lowest BCUT2D eigenvalue weighted by Gasteiger charge is -2.31. The highest BCUT2D eigenvalue weighted by Gasteiger charge is 2.31. The maximum absolute atomic E-state index is 12.6. The quantitative estimate of drug-likeness (QED) is 0.889. The molecule has 1 atom stereocenters. The molecule has 0 radical (unpaired) electrons. The molecule has 0 bridgehead atoms. The zero-order chi connectivity index (χ0) is 14.0. The Hall–Kier alpha value is 0.0500. The highest BCUT2D eigenvalue weighted by molar-refractivity contribution is 9.11. The van der Waals surface area contributed by atoms with Crippen molar-refractivity contribution in [1.82, 2.24) is 4.31 Å². The molecule has 1 fully saturated rings. The monoisotopic (exact) mass is 367 g/mol. The van der Waals surface area contributed by atoms with Gasteiger partial charge in [0.25, 0.3) is 10.0 Å². The molecule has 4 nitrogen and oxygen atoms in total. The van der Waals surface area contributed by atoms with Crippen LogP contribution in [-0.4, -0.2) is 37.5 Å². The van der Waals surface area contributed by atoms with Gasteiger partial charge >= 0.3 is 0 Å². The van der Waals surface area contributed by atoms with Gasteiger partial charge in [0.05, 0.1) is 3.79 Å². The number of rotatable bonds is 4. The number of halogens is 1. The van der Waals surface area contributed by atoms with E-state index in [-0.39, 0.29) is 12.5 Å². The molecule has 1 aliphatic heterocycles. The van der Waals surface area contributed by atoms with Crippen molar-refractivity contribution in [2.75, 3.05) is 19.7 Å². The van der Waals surface area contributed by atoms with Crippen LogP contribution in [0.3, 0.4) is 0 Å². The number of hydrogen-bond donors (Lipinski definition) is 1. The van der Waals surface area contributed by atoms with Gasteiger partial charge in [0.15, 0.2) is 0 Å². The molecule has 1 aromatic heterocycles. The minimum atomic E-state index is -3.37. The van der Waals surface area contributed by atoms with Gasteiger partial charge < -0.3 is 5.11 Å². The van der Waals surface area contributed by atoms with Gasteiger partial charge in [0.2, 0.25) is 0 Å². The predicted octanol–water partition coefficient (Wildman–Crippen LogP) is 2.60. The van der Waals surface area contributed by atoms with E-state index in [1.54, 1.807) is 10.4 Å². The summed E-state index contributed by atoms with van der Waals surface area (Å²) in [4.78, 5) is 0. The minimum absolute atomic E-state index is 0.127. The molecule has 0 aliphatic carbocycles. The Balaban J connectivity index is 2.19. The molecule has 0 amide bonds. The van der Waals surface area contributed by atoms with E-state index in [1.807, 2.05) is 6.92 Å². The summed E-state index contributed by atoms with van der Waals surface area (Å²) < 4.78 is 27.9. The number of aliphatic hydroxyl groups excluding tert-OH is 1. The molecule has 1 aliphatic rings. The topological polar surface area (TPSA) is 57.6 Å². The molecule has 0 aromatic carbocycles. The van der Waals surface area contributed by atoms with Crippen LogP contribution >= 0.6 is 27.3 Å². The van der Waals surface area contributed by atoms with E-state index in [0.29, 0.717) is 23.7 Å². The van der Waals surface area contributed by atoms with Crippen molar-refractivity contribution in [3.8, 4) is 0 Å². The van der Waals surface area contributed by atoms with Crippen molar-refractivity contribution in [2.45, 2.75) is 30.4 Å². The van der Waals surface area contributed by atoms with E-state index in [1.165, 1.54) is 11.3 Å². The molecule has 0 saturated carbocycles. The van der Waals surface area contributed by atoms with Crippen LogP contribution in [0.4, 0.5) is 0 Å². The fourth-order valence-electron chi connectivity index (χ4n) is 2.35. The number of hydrogen-bond acceptors (Lipinski definition) is 4. The average Bonchev–Trinajstić information content (AvgIpc) is 2.71. The van der Waals surface area contributed by atoms with E-state index in [2.05, 4.69) is 15.9 Å². The summed E-state index contributed by atoms with van der Waals surface area (Å²) in [6.45, 7) is 3.13. The number of sulfonamides is 1. The fourth-order valence-corrected chi connectivity index (χ4v) is 6.29. The molecule has 1 unspecified atom stereocenters. The normalized spacial score (nSPS) is 21.7. The second-order valence-electron chi connectivity index (χ2n) is 4.91. The van der Waals surface area contributed by atoms with Gasteiger partial charge in [-0.05, 0) is 59.7 Å². The van der Waals surface area contributed by atoms with Crippen molar-refractivity contribution in [1.29, 1.82) is 0 Å². The SMILES string of the molecule is Cc1cc(S(=O)(=O)N2CCCC(CCO)C2)sc1Br. The Morgan fingerprint density at radius 1 is 1.58 bits per heavy atom. The third-order valence-corrected chi connectivity index (χ3v) is 7.90. The van der Waals surface area contributed by atoms with E-state index >= 15 is 0 Å². The van der Waals surface area contributed by atoms with E-state index in [4.69, 9.17) is 5.11 Å². The summed E-state index contributed by atoms with van der Waals surface area (Å²) in [5.41, 5.74) is 0.951. The number of nitrogens with zero attached hydrogens (tertiary/aromatic N) is 1. The smallest absolute Gasteiger partial charge is 0.252 e. The summed E-state index contributed by atoms with van der Waals surface area (Å²) in [5, 5.41) is 8.99. The van der Waals surface area contributed by atoms with Crippen LogP contribution in [0.5, 0.6) is 0 Å². The molecular formula is C12H18BrNO3S2. The Morgan fingerprint density at radius 2 is 2.32 bits per heavy atom. The van der Waals surface area contributed by atoms with Gasteiger partial charge in [-0.3, -0.25) is 0 Å². The average molecular weight is 368 g/mol. The van der Waals surface area contributed by atoms with Crippen molar-refractivity contribution >= 4 is 37.3 Å². The lowest BCUT2D eigenvalue weighted by molar-refractivity contribution is 0.203. The standard InChI is InChI=1S/C12H18BrNO3S2/c1-9-7-11(18-12(9)13)19(16,17)14-5-2-3-10(8-14)4-6-15/h7,10,15H,2-6,8H2,1H3. The van der Waals surface area contributed by atoms with Gasteiger partial charge in [-0.2, -0.15) is 4.31 Å². The number of thiophene rings is 1. The third-order valence-electron chi connectivity index (χ3n) is 3.45. The highest BCUT2D eigenvalue weighted by Crippen LogP contribution is 2.34. The van der Waals surface area contributed by atoms with Crippen LogP contribution in [0.25, 0.3) is 0 Å². The maximum atomic E-state index is 12.6. The van der Waals surface area contributed by atoms with E-state index in [0.717, 1.165) is 22.2 Å². The second kappa shape index (κ2) is 6.22. The van der Waals surface area contributed by atoms with Crippen LogP contribution in [-0.2, 0) is 10.0 Å². The molecule has 2 rings (SSSR count). The van der Waals surface area contributed by atoms with Crippen LogP contribution in [0.15, 0.2) is 14.1 Å². The van der Waals surface area contributed by atoms with Gasteiger partial charge in [0.1, 0.15) is 4.21 Å². The lowest BCUT2D eigenvalue weighted by atomic mass is 9.97. The zero-order valence-electron chi connectivity index (χ0n) is 10.8. The van der Waals surface area contributed by atoms with Crippen molar-refractivity contribution in [2.24, 2.45) is 5.92 Å². The molecule has 1 saturated heterocycles. The van der Waals surface area contributed by atoms with Crippen molar-refractivity contribution < 1.29 is 13.5 Å². The number of aliphatic hydroxyl groups is 1. The van der Waals surface area contributed by atoms with Gasteiger partial charge in [-0.25, -0.2) is 8.42 Å². The van der Waals surface area contributed by atoms with E-state index < -0.39 is 10.0 Å². The lowest BCUT2D eigenvalue weighted by Crippen LogP contribution is -2.39. The number of piperidine rings is 1. The number of aryl methyl sites for hydroxylation is 1. The summed E-state index contributed by atoms with van der Waals surface area (Å²) in [6.07, 6.45) is 2.55. The first-order valence-corrected chi connectivity index (χ1v) is 9.37. The van der Waals surface area contributed by atoms with Gasteiger partial charge in [0, 0.05) is 19.7 Å². The van der Waals surface area contributed by atoms with E-state index in [9.17, 15) is 8.42 Å². The molecule has 7 heteroatoms. The van der Waals surface area contributed by atoms with Crippen molar-refractivity contribution in [3.05, 3.63) is 15.4 Å². The molecule has 1 N–H and O–H groups in total. The minimum Gasteiger partial charge on any atom is -0.396 e. The van der Waals surface area contributed by atoms with Crippen LogP contribution in [0.2, 0.25) is 0 Å². The van der Waals surface area contributed by atoms with Crippen LogP contribution < -0.4 is 0 Å². The van der Waals surface area contributed by atoms with Gasteiger partial charge in [-0.1, -0.05) is 0 Å². The highest BCUT2D eigenvalue weighted by atomic mass is 79.9. The summed E-state index contributed by atoms with van der Waals surface area (Å²) in [6, 6.07) is 1.72. The predicted molar refractivity (Wildman–Crippen MR) is 79.9 cm³/mol. The maximum Gasteiger partial charge on any atom is 0.252 e. The second-order valence-corrected chi connectivity index (χ2v) is 9.44. The Morgan fingerprint density at radius 3 is 2.89 bits per heavy atom. The van der Waals surface area contributed by atoms with Crippen molar-refractivity contribution in [3.63, 3.8) is 0 Å². The van der Waals surface area contributed by atoms with Gasteiger partial charge in [-0.15, -0.1) is 11.3 Å². The van der Waals surface area contributed by atoms with Crippen LogP contribution in [0, 0.1) is 12.8 Å².